The number of nitrogens with one attached hydrogen (secondary N) is 1. The average Bonchev–Trinajstić information content (AvgIpc) is 2.31. The predicted molar refractivity (Wildman–Crippen MR) is 59.6 cm³/mol. The maximum atomic E-state index is 12.1. The third-order valence-corrected chi connectivity index (χ3v) is 2.97. The van der Waals surface area contributed by atoms with E-state index in [0.29, 0.717) is 13.0 Å². The Balaban J connectivity index is 2.40. The first-order valence-corrected chi connectivity index (χ1v) is 5.90. The minimum absolute atomic E-state index is 0.163. The van der Waals surface area contributed by atoms with Gasteiger partial charge < -0.3 is 15.3 Å². The Hall–Kier alpha value is -0.610. The van der Waals surface area contributed by atoms with Crippen molar-refractivity contribution < 1.29 is 9.90 Å². The van der Waals surface area contributed by atoms with Gasteiger partial charge in [-0.2, -0.15) is 0 Å². The lowest BCUT2D eigenvalue weighted by molar-refractivity contribution is -0.136. The standard InChI is InChI=1S/C11H22N2O2/c1-2-13(8-3-9-14)11(15)10-4-6-12-7-5-10/h10,12,14H,2-9H2,1H3. The third-order valence-electron chi connectivity index (χ3n) is 2.97. The number of carbonyl (C=O) groups is 1. The molecule has 1 aliphatic heterocycles. The highest BCUT2D eigenvalue weighted by Crippen LogP contribution is 2.15. The fraction of sp³-hybridized carbons (Fsp3) is 0.909. The van der Waals surface area contributed by atoms with Crippen LogP contribution < -0.4 is 5.32 Å². The van der Waals surface area contributed by atoms with E-state index in [1.165, 1.54) is 0 Å². The molecule has 1 saturated heterocycles. The molecular formula is C11H22N2O2. The van der Waals surface area contributed by atoms with E-state index >= 15 is 0 Å². The van der Waals surface area contributed by atoms with Crippen LogP contribution in [0, 0.1) is 5.92 Å². The molecule has 4 nitrogen and oxygen atoms in total. The SMILES string of the molecule is CCN(CCCO)C(=O)C1CCNCC1. The molecular weight excluding hydrogens is 192 g/mol. The van der Waals surface area contributed by atoms with Crippen LogP contribution in [0.3, 0.4) is 0 Å². The van der Waals surface area contributed by atoms with Crippen molar-refractivity contribution in [3.05, 3.63) is 0 Å². The van der Waals surface area contributed by atoms with Crippen LogP contribution >= 0.6 is 0 Å². The first-order chi connectivity index (χ1) is 7.29. The van der Waals surface area contributed by atoms with Crippen LogP contribution in [-0.4, -0.2) is 48.7 Å². The summed E-state index contributed by atoms with van der Waals surface area (Å²) in [6.45, 7) is 5.51. The summed E-state index contributed by atoms with van der Waals surface area (Å²) < 4.78 is 0. The number of aliphatic hydroxyl groups excluding tert-OH is 1. The second-order valence-corrected chi connectivity index (χ2v) is 4.02. The molecule has 0 bridgehead atoms. The molecule has 1 rings (SSSR count). The molecule has 0 aromatic carbocycles. The summed E-state index contributed by atoms with van der Waals surface area (Å²) in [6.07, 6.45) is 2.59. The molecule has 0 radical (unpaired) electrons. The Kier molecular flexibility index (Phi) is 5.65. The first-order valence-electron chi connectivity index (χ1n) is 5.90. The molecule has 0 saturated carbocycles. The van der Waals surface area contributed by atoms with E-state index in [2.05, 4.69) is 5.32 Å². The number of piperidine rings is 1. The zero-order valence-electron chi connectivity index (χ0n) is 9.54. The predicted octanol–water partition coefficient (Wildman–Crippen LogP) is 0.217. The third kappa shape index (κ3) is 3.80. The van der Waals surface area contributed by atoms with E-state index < -0.39 is 0 Å². The van der Waals surface area contributed by atoms with Gasteiger partial charge >= 0.3 is 0 Å². The lowest BCUT2D eigenvalue weighted by Gasteiger charge is -2.28. The summed E-state index contributed by atoms with van der Waals surface area (Å²) in [6, 6.07) is 0. The summed E-state index contributed by atoms with van der Waals surface area (Å²) in [5.74, 6) is 0.470. The molecule has 88 valence electrons. The van der Waals surface area contributed by atoms with Crippen LogP contribution in [0.25, 0.3) is 0 Å². The quantitative estimate of drug-likeness (QED) is 0.688. The lowest BCUT2D eigenvalue weighted by atomic mass is 9.96. The maximum absolute atomic E-state index is 12.1. The van der Waals surface area contributed by atoms with Crippen LogP contribution in [0.1, 0.15) is 26.2 Å². The number of hydrogen-bond acceptors (Lipinski definition) is 3. The molecule has 1 aliphatic rings. The van der Waals surface area contributed by atoms with Gasteiger partial charge in [0, 0.05) is 25.6 Å². The van der Waals surface area contributed by atoms with Gasteiger partial charge in [0.15, 0.2) is 0 Å². The molecule has 0 aliphatic carbocycles. The summed E-state index contributed by atoms with van der Waals surface area (Å²) in [4.78, 5) is 13.9. The Bertz CT molecular complexity index is 191. The van der Waals surface area contributed by atoms with Gasteiger partial charge in [0.05, 0.1) is 0 Å². The Labute approximate surface area is 91.6 Å². The number of carbonyl (C=O) groups excluding carboxylic acids is 1. The molecule has 0 unspecified atom stereocenters. The van der Waals surface area contributed by atoms with Crippen molar-refractivity contribution in [1.82, 2.24) is 10.2 Å². The second-order valence-electron chi connectivity index (χ2n) is 4.02. The Morgan fingerprint density at radius 2 is 2.13 bits per heavy atom. The average molecular weight is 214 g/mol. The van der Waals surface area contributed by atoms with Crippen molar-refractivity contribution in [3.8, 4) is 0 Å². The maximum Gasteiger partial charge on any atom is 0.225 e. The van der Waals surface area contributed by atoms with Gasteiger partial charge in [-0.15, -0.1) is 0 Å². The van der Waals surface area contributed by atoms with Crippen LogP contribution in [0.5, 0.6) is 0 Å². The molecule has 0 spiro atoms. The molecule has 0 aromatic heterocycles. The minimum Gasteiger partial charge on any atom is -0.396 e. The van der Waals surface area contributed by atoms with Gasteiger partial charge in [-0.1, -0.05) is 0 Å². The van der Waals surface area contributed by atoms with E-state index in [1.807, 2.05) is 11.8 Å². The van der Waals surface area contributed by atoms with Crippen molar-refractivity contribution in [2.24, 2.45) is 5.92 Å². The van der Waals surface area contributed by atoms with Crippen molar-refractivity contribution in [3.63, 3.8) is 0 Å². The van der Waals surface area contributed by atoms with E-state index in [1.54, 1.807) is 0 Å². The molecule has 15 heavy (non-hydrogen) atoms. The molecule has 2 N–H and O–H groups in total. The van der Waals surface area contributed by atoms with Crippen molar-refractivity contribution in [2.45, 2.75) is 26.2 Å². The molecule has 0 atom stereocenters. The fourth-order valence-corrected chi connectivity index (χ4v) is 2.01. The normalized spacial score (nSPS) is 17.7. The molecule has 0 aromatic rings. The monoisotopic (exact) mass is 214 g/mol. The van der Waals surface area contributed by atoms with Crippen LogP contribution in [0.4, 0.5) is 0 Å². The number of nitrogens with zero attached hydrogens (tertiary/aromatic N) is 1. The smallest absolute Gasteiger partial charge is 0.225 e. The second kappa shape index (κ2) is 6.80. The van der Waals surface area contributed by atoms with Crippen molar-refractivity contribution >= 4 is 5.91 Å². The van der Waals surface area contributed by atoms with E-state index in [9.17, 15) is 4.79 Å². The number of rotatable bonds is 5. The summed E-state index contributed by atoms with van der Waals surface area (Å²) >= 11 is 0. The lowest BCUT2D eigenvalue weighted by Crippen LogP contribution is -2.41. The van der Waals surface area contributed by atoms with Gasteiger partial charge in [0.1, 0.15) is 0 Å². The highest BCUT2D eigenvalue weighted by molar-refractivity contribution is 5.78. The summed E-state index contributed by atoms with van der Waals surface area (Å²) in [5.41, 5.74) is 0. The molecule has 1 heterocycles. The van der Waals surface area contributed by atoms with Gasteiger partial charge in [-0.25, -0.2) is 0 Å². The highest BCUT2D eigenvalue weighted by atomic mass is 16.3. The topological polar surface area (TPSA) is 52.6 Å². The Morgan fingerprint density at radius 3 is 2.67 bits per heavy atom. The number of aliphatic hydroxyl groups is 1. The molecule has 4 heteroatoms. The summed E-state index contributed by atoms with van der Waals surface area (Å²) in [7, 11) is 0. The minimum atomic E-state index is 0.163. The van der Waals surface area contributed by atoms with Crippen LogP contribution in [-0.2, 0) is 4.79 Å². The zero-order chi connectivity index (χ0) is 11.1. The van der Waals surface area contributed by atoms with Crippen molar-refractivity contribution in [1.29, 1.82) is 0 Å². The number of hydrogen-bond donors (Lipinski definition) is 2. The van der Waals surface area contributed by atoms with Crippen molar-refractivity contribution in [2.75, 3.05) is 32.8 Å². The van der Waals surface area contributed by atoms with Crippen LogP contribution in [0.15, 0.2) is 0 Å². The van der Waals surface area contributed by atoms with Gasteiger partial charge in [0.25, 0.3) is 0 Å². The highest BCUT2D eigenvalue weighted by Gasteiger charge is 2.24. The first kappa shape index (κ1) is 12.5. The van der Waals surface area contributed by atoms with E-state index in [0.717, 1.165) is 32.5 Å². The Morgan fingerprint density at radius 1 is 1.47 bits per heavy atom. The number of amides is 1. The summed E-state index contributed by atoms with van der Waals surface area (Å²) in [5, 5.41) is 12.0. The van der Waals surface area contributed by atoms with E-state index in [4.69, 9.17) is 5.11 Å². The van der Waals surface area contributed by atoms with Gasteiger partial charge in [-0.3, -0.25) is 4.79 Å². The molecule has 1 amide bonds. The van der Waals surface area contributed by atoms with E-state index in [-0.39, 0.29) is 18.4 Å². The fourth-order valence-electron chi connectivity index (χ4n) is 2.01. The molecule has 1 fully saturated rings. The van der Waals surface area contributed by atoms with Crippen LogP contribution in [0.2, 0.25) is 0 Å². The zero-order valence-corrected chi connectivity index (χ0v) is 9.54. The largest absolute Gasteiger partial charge is 0.396 e. The van der Waals surface area contributed by atoms with Gasteiger partial charge in [-0.05, 0) is 39.3 Å². The van der Waals surface area contributed by atoms with Gasteiger partial charge in [0.2, 0.25) is 5.91 Å².